The lowest BCUT2D eigenvalue weighted by atomic mass is 10.1. The van der Waals surface area contributed by atoms with Gasteiger partial charge in [0.25, 0.3) is 0 Å². The van der Waals surface area contributed by atoms with E-state index in [0.717, 1.165) is 11.3 Å². The smallest absolute Gasteiger partial charge is 0.129 e. The maximum Gasteiger partial charge on any atom is 0.129 e. The second-order valence-corrected chi connectivity index (χ2v) is 2.65. The van der Waals surface area contributed by atoms with Gasteiger partial charge in [0, 0.05) is 11.3 Å². The Balaban J connectivity index is 2.58. The second kappa shape index (κ2) is 2.44. The number of phenolic OH excluding ortho intramolecular Hbond substituents is 1. The SMILES string of the molecule is NC1=CCOc2ccc(O)cc21. The molecule has 0 bridgehead atoms. The van der Waals surface area contributed by atoms with Gasteiger partial charge in [-0.25, -0.2) is 0 Å². The molecule has 1 heterocycles. The molecule has 0 saturated heterocycles. The fourth-order valence-corrected chi connectivity index (χ4v) is 1.20. The van der Waals surface area contributed by atoms with Gasteiger partial charge in [-0.05, 0) is 24.3 Å². The van der Waals surface area contributed by atoms with Crippen LogP contribution in [0, 0.1) is 0 Å². The van der Waals surface area contributed by atoms with E-state index in [4.69, 9.17) is 15.6 Å². The lowest BCUT2D eigenvalue weighted by Crippen LogP contribution is -2.08. The third kappa shape index (κ3) is 0.993. The Labute approximate surface area is 70.1 Å². The summed E-state index contributed by atoms with van der Waals surface area (Å²) in [6.45, 7) is 0.504. The molecule has 0 aromatic heterocycles. The van der Waals surface area contributed by atoms with Crippen molar-refractivity contribution in [3.8, 4) is 11.5 Å². The molecular formula is C9H9NO2. The predicted molar refractivity (Wildman–Crippen MR) is 45.8 cm³/mol. The summed E-state index contributed by atoms with van der Waals surface area (Å²) in [6, 6.07) is 4.89. The van der Waals surface area contributed by atoms with E-state index in [1.54, 1.807) is 24.3 Å². The first-order valence-electron chi connectivity index (χ1n) is 3.69. The Morgan fingerprint density at radius 1 is 1.42 bits per heavy atom. The van der Waals surface area contributed by atoms with Crippen LogP contribution in [0.1, 0.15) is 5.56 Å². The molecule has 1 aromatic carbocycles. The number of hydrogen-bond donors (Lipinski definition) is 2. The van der Waals surface area contributed by atoms with Crippen molar-refractivity contribution in [1.82, 2.24) is 0 Å². The second-order valence-electron chi connectivity index (χ2n) is 2.65. The van der Waals surface area contributed by atoms with Gasteiger partial charge >= 0.3 is 0 Å². The normalized spacial score (nSPS) is 14.5. The summed E-state index contributed by atoms with van der Waals surface area (Å²) in [5, 5.41) is 9.17. The van der Waals surface area contributed by atoms with Crippen molar-refractivity contribution >= 4 is 5.70 Å². The van der Waals surface area contributed by atoms with Crippen molar-refractivity contribution in [2.75, 3.05) is 6.61 Å². The predicted octanol–water partition coefficient (Wildman–Crippen LogP) is 1.08. The van der Waals surface area contributed by atoms with Gasteiger partial charge in [0.2, 0.25) is 0 Å². The number of hydrogen-bond acceptors (Lipinski definition) is 3. The van der Waals surface area contributed by atoms with Gasteiger partial charge in [0.05, 0.1) is 0 Å². The molecule has 0 amide bonds. The zero-order chi connectivity index (χ0) is 8.55. The lowest BCUT2D eigenvalue weighted by molar-refractivity contribution is 0.356. The Kier molecular flexibility index (Phi) is 1.43. The molecule has 0 spiro atoms. The largest absolute Gasteiger partial charge is 0.508 e. The monoisotopic (exact) mass is 163 g/mol. The van der Waals surface area contributed by atoms with Crippen molar-refractivity contribution in [3.05, 3.63) is 29.8 Å². The molecule has 0 aliphatic carbocycles. The van der Waals surface area contributed by atoms with Crippen LogP contribution in [0.25, 0.3) is 5.70 Å². The van der Waals surface area contributed by atoms with Crippen molar-refractivity contribution < 1.29 is 9.84 Å². The first kappa shape index (κ1) is 7.03. The summed E-state index contributed by atoms with van der Waals surface area (Å²) in [5.41, 5.74) is 7.11. The third-order valence-electron chi connectivity index (χ3n) is 1.82. The molecule has 1 aromatic rings. The van der Waals surface area contributed by atoms with E-state index in [2.05, 4.69) is 0 Å². The van der Waals surface area contributed by atoms with Crippen LogP contribution >= 0.6 is 0 Å². The van der Waals surface area contributed by atoms with E-state index in [-0.39, 0.29) is 5.75 Å². The highest BCUT2D eigenvalue weighted by Gasteiger charge is 2.10. The highest BCUT2D eigenvalue weighted by Crippen LogP contribution is 2.29. The van der Waals surface area contributed by atoms with Crippen LogP contribution < -0.4 is 10.5 Å². The van der Waals surface area contributed by atoms with Gasteiger partial charge in [-0.3, -0.25) is 0 Å². The van der Waals surface area contributed by atoms with Crippen LogP contribution in [-0.4, -0.2) is 11.7 Å². The fraction of sp³-hybridized carbons (Fsp3) is 0.111. The molecular weight excluding hydrogens is 154 g/mol. The molecule has 62 valence electrons. The molecule has 0 radical (unpaired) electrons. The summed E-state index contributed by atoms with van der Waals surface area (Å²) in [4.78, 5) is 0. The number of fused-ring (bicyclic) bond motifs is 1. The molecule has 12 heavy (non-hydrogen) atoms. The fourth-order valence-electron chi connectivity index (χ4n) is 1.20. The average molecular weight is 163 g/mol. The van der Waals surface area contributed by atoms with Crippen LogP contribution in [0.15, 0.2) is 24.3 Å². The number of rotatable bonds is 0. The number of nitrogens with two attached hydrogens (primary N) is 1. The maximum absolute atomic E-state index is 9.17. The Morgan fingerprint density at radius 2 is 2.25 bits per heavy atom. The molecule has 0 atom stereocenters. The minimum absolute atomic E-state index is 0.204. The van der Waals surface area contributed by atoms with Crippen LogP contribution in [-0.2, 0) is 0 Å². The van der Waals surface area contributed by atoms with Gasteiger partial charge in [-0.15, -0.1) is 0 Å². The van der Waals surface area contributed by atoms with Gasteiger partial charge in [-0.2, -0.15) is 0 Å². The molecule has 0 fully saturated rings. The van der Waals surface area contributed by atoms with Gasteiger partial charge in [0.15, 0.2) is 0 Å². The van der Waals surface area contributed by atoms with Crippen molar-refractivity contribution in [2.45, 2.75) is 0 Å². The van der Waals surface area contributed by atoms with Gasteiger partial charge < -0.3 is 15.6 Å². The van der Waals surface area contributed by atoms with Crippen molar-refractivity contribution in [3.63, 3.8) is 0 Å². The Hall–Kier alpha value is -1.64. The molecule has 1 aliphatic rings. The van der Waals surface area contributed by atoms with Gasteiger partial charge in [-0.1, -0.05) is 0 Å². The Morgan fingerprint density at radius 3 is 3.08 bits per heavy atom. The van der Waals surface area contributed by atoms with Crippen LogP contribution in [0.2, 0.25) is 0 Å². The molecule has 3 heteroatoms. The van der Waals surface area contributed by atoms with Crippen molar-refractivity contribution in [2.24, 2.45) is 5.73 Å². The number of aromatic hydroxyl groups is 1. The van der Waals surface area contributed by atoms with Crippen molar-refractivity contribution in [1.29, 1.82) is 0 Å². The minimum atomic E-state index is 0.204. The Bertz CT molecular complexity index is 344. The van der Waals surface area contributed by atoms with E-state index in [9.17, 15) is 0 Å². The van der Waals surface area contributed by atoms with Gasteiger partial charge in [0.1, 0.15) is 18.1 Å². The summed E-state index contributed by atoms with van der Waals surface area (Å²) >= 11 is 0. The minimum Gasteiger partial charge on any atom is -0.508 e. The van der Waals surface area contributed by atoms with E-state index < -0.39 is 0 Å². The number of phenols is 1. The first-order valence-corrected chi connectivity index (χ1v) is 3.69. The molecule has 3 N–H and O–H groups in total. The van der Waals surface area contributed by atoms with E-state index in [0.29, 0.717) is 12.3 Å². The van der Waals surface area contributed by atoms with E-state index in [1.807, 2.05) is 0 Å². The van der Waals surface area contributed by atoms with E-state index in [1.165, 1.54) is 0 Å². The maximum atomic E-state index is 9.17. The molecule has 3 nitrogen and oxygen atoms in total. The number of benzene rings is 1. The zero-order valence-electron chi connectivity index (χ0n) is 6.45. The van der Waals surface area contributed by atoms with E-state index >= 15 is 0 Å². The first-order chi connectivity index (χ1) is 5.77. The third-order valence-corrected chi connectivity index (χ3v) is 1.82. The topological polar surface area (TPSA) is 55.5 Å². The molecule has 2 rings (SSSR count). The molecule has 0 unspecified atom stereocenters. The average Bonchev–Trinajstić information content (AvgIpc) is 2.07. The van der Waals surface area contributed by atoms with Crippen LogP contribution in [0.3, 0.4) is 0 Å². The molecule has 1 aliphatic heterocycles. The highest BCUT2D eigenvalue weighted by molar-refractivity contribution is 5.70. The molecule has 0 saturated carbocycles. The quantitative estimate of drug-likeness (QED) is 0.601. The standard InChI is InChI=1S/C9H9NO2/c10-8-3-4-12-9-2-1-6(11)5-7(8)9/h1-3,5,11H,4,10H2. The van der Waals surface area contributed by atoms with Crippen LogP contribution in [0.5, 0.6) is 11.5 Å². The summed E-state index contributed by atoms with van der Waals surface area (Å²) in [7, 11) is 0. The zero-order valence-corrected chi connectivity index (χ0v) is 6.45. The summed E-state index contributed by atoms with van der Waals surface area (Å²) < 4.78 is 5.28. The highest BCUT2D eigenvalue weighted by atomic mass is 16.5. The lowest BCUT2D eigenvalue weighted by Gasteiger charge is -2.15. The summed E-state index contributed by atoms with van der Waals surface area (Å²) in [6.07, 6.45) is 1.78. The summed E-state index contributed by atoms with van der Waals surface area (Å²) in [5.74, 6) is 0.934. The number of ether oxygens (including phenoxy) is 1. The van der Waals surface area contributed by atoms with Crippen LogP contribution in [0.4, 0.5) is 0 Å².